The van der Waals surface area contributed by atoms with Crippen LogP contribution in [0.4, 0.5) is 0 Å². The van der Waals surface area contributed by atoms with Crippen LogP contribution in [0.2, 0.25) is 0 Å². The van der Waals surface area contributed by atoms with Gasteiger partial charge in [0.2, 0.25) is 0 Å². The van der Waals surface area contributed by atoms with Crippen molar-refractivity contribution < 1.29 is 14.7 Å². The zero-order valence-corrected chi connectivity index (χ0v) is 11.9. The van der Waals surface area contributed by atoms with Crippen LogP contribution in [-0.4, -0.2) is 43.0 Å². The fourth-order valence-corrected chi connectivity index (χ4v) is 4.22. The van der Waals surface area contributed by atoms with Gasteiger partial charge in [0.15, 0.2) is 0 Å². The van der Waals surface area contributed by atoms with Crippen molar-refractivity contribution in [1.82, 2.24) is 9.88 Å². The van der Waals surface area contributed by atoms with E-state index in [0.717, 1.165) is 0 Å². The fraction of sp³-hybridized carbons (Fsp3) is 0.357. The number of carbonyl (C=O) groups excluding carboxylic acids is 1. The summed E-state index contributed by atoms with van der Waals surface area (Å²) in [5, 5.41) is 9.15. The lowest BCUT2D eigenvalue weighted by molar-refractivity contribution is -0.152. The highest BCUT2D eigenvalue weighted by Crippen LogP contribution is 2.53. The van der Waals surface area contributed by atoms with Crippen molar-refractivity contribution in [3.8, 4) is 0 Å². The van der Waals surface area contributed by atoms with Crippen molar-refractivity contribution >= 4 is 29.7 Å². The number of aromatic nitrogens is 1. The maximum absolute atomic E-state index is 12.2. The molecule has 1 N–H and O–H groups in total. The molecule has 0 saturated carbocycles. The van der Waals surface area contributed by atoms with Crippen molar-refractivity contribution in [2.45, 2.75) is 30.0 Å². The SMILES string of the molecule is CC1(C)S[C@@H]2/C(=C/c3ccccn3)C(=O)N2[C@H]1C(=O)O. The van der Waals surface area contributed by atoms with Crippen LogP contribution in [0, 0.1) is 0 Å². The Morgan fingerprint density at radius 1 is 1.50 bits per heavy atom. The van der Waals surface area contributed by atoms with E-state index in [1.807, 2.05) is 32.0 Å². The Bertz CT molecular complexity index is 612. The molecule has 5 nitrogen and oxygen atoms in total. The summed E-state index contributed by atoms with van der Waals surface area (Å²) in [6.07, 6.45) is 3.41. The average molecular weight is 290 g/mol. The molecule has 3 rings (SSSR count). The van der Waals surface area contributed by atoms with Gasteiger partial charge in [-0.05, 0) is 32.1 Å². The molecule has 1 aromatic heterocycles. The van der Waals surface area contributed by atoms with Crippen LogP contribution in [0.1, 0.15) is 19.5 Å². The Hall–Kier alpha value is -1.82. The average Bonchev–Trinajstić information content (AvgIpc) is 2.66. The monoisotopic (exact) mass is 290 g/mol. The number of fused-ring (bicyclic) bond motifs is 1. The van der Waals surface area contributed by atoms with Crippen LogP contribution in [-0.2, 0) is 9.59 Å². The topological polar surface area (TPSA) is 70.5 Å². The molecule has 0 radical (unpaired) electrons. The summed E-state index contributed by atoms with van der Waals surface area (Å²) in [5.74, 6) is -1.15. The molecule has 0 aromatic carbocycles. The maximum Gasteiger partial charge on any atom is 0.327 e. The second-order valence-electron chi connectivity index (χ2n) is 5.38. The molecule has 0 aliphatic carbocycles. The lowest BCUT2D eigenvalue weighted by Gasteiger charge is -2.38. The molecule has 1 aromatic rings. The molecule has 20 heavy (non-hydrogen) atoms. The summed E-state index contributed by atoms with van der Waals surface area (Å²) >= 11 is 1.51. The molecule has 1 amide bonds. The van der Waals surface area contributed by atoms with Crippen LogP contribution in [0.15, 0.2) is 30.0 Å². The molecule has 2 atom stereocenters. The normalized spacial score (nSPS) is 29.2. The van der Waals surface area contributed by atoms with E-state index in [2.05, 4.69) is 4.98 Å². The number of thioether (sulfide) groups is 1. The highest BCUT2D eigenvalue weighted by atomic mass is 32.2. The zero-order chi connectivity index (χ0) is 14.5. The third-order valence-corrected chi connectivity index (χ3v) is 5.11. The molecule has 0 bridgehead atoms. The van der Waals surface area contributed by atoms with Gasteiger partial charge >= 0.3 is 5.97 Å². The molecule has 6 heteroatoms. The van der Waals surface area contributed by atoms with Crippen molar-refractivity contribution in [2.75, 3.05) is 0 Å². The number of β-lactam (4-membered cyclic amide) rings is 1. The van der Waals surface area contributed by atoms with Crippen LogP contribution in [0.3, 0.4) is 0 Å². The number of nitrogens with zero attached hydrogens (tertiary/aromatic N) is 2. The van der Waals surface area contributed by atoms with Gasteiger partial charge in [-0.1, -0.05) is 6.07 Å². The minimum Gasteiger partial charge on any atom is -0.480 e. The summed E-state index contributed by atoms with van der Waals surface area (Å²) in [5.41, 5.74) is 1.35. The lowest BCUT2D eigenvalue weighted by atomic mass is 9.95. The number of carbonyl (C=O) groups is 2. The molecular formula is C14H14N2O3S. The van der Waals surface area contributed by atoms with E-state index in [4.69, 9.17) is 0 Å². The van der Waals surface area contributed by atoms with E-state index in [0.29, 0.717) is 11.3 Å². The highest BCUT2D eigenvalue weighted by Gasteiger charge is 2.61. The van der Waals surface area contributed by atoms with Gasteiger partial charge in [-0.15, -0.1) is 11.8 Å². The van der Waals surface area contributed by atoms with Crippen molar-refractivity contribution in [3.63, 3.8) is 0 Å². The molecule has 2 aliphatic heterocycles. The molecular weight excluding hydrogens is 276 g/mol. The minimum absolute atomic E-state index is 0.180. The van der Waals surface area contributed by atoms with Gasteiger partial charge < -0.3 is 10.0 Å². The number of hydrogen-bond acceptors (Lipinski definition) is 4. The van der Waals surface area contributed by atoms with Crippen LogP contribution in [0.25, 0.3) is 6.08 Å². The Labute approximate surface area is 120 Å². The van der Waals surface area contributed by atoms with Crippen LogP contribution >= 0.6 is 11.8 Å². The first-order valence-corrected chi connectivity index (χ1v) is 7.16. The third-order valence-electron chi connectivity index (χ3n) is 3.58. The standard InChI is InChI=1S/C14H14N2O3S/c1-14(2)10(13(18)19)16-11(17)9(12(16)20-14)7-8-5-3-4-6-15-8/h3-7,10,12H,1-2H3,(H,18,19)/b9-7+/t10-,12+/m0/s1. The second kappa shape index (κ2) is 4.34. The Kier molecular flexibility index (Phi) is 2.86. The summed E-state index contributed by atoms with van der Waals surface area (Å²) in [6.45, 7) is 3.72. The van der Waals surface area contributed by atoms with Gasteiger partial charge in [0.05, 0.1) is 11.3 Å². The second-order valence-corrected chi connectivity index (χ2v) is 7.12. The van der Waals surface area contributed by atoms with Gasteiger partial charge in [0, 0.05) is 10.9 Å². The number of aliphatic carboxylic acids is 1. The third kappa shape index (κ3) is 1.83. The fourth-order valence-electron chi connectivity index (χ4n) is 2.67. The predicted octanol–water partition coefficient (Wildman–Crippen LogP) is 1.61. The van der Waals surface area contributed by atoms with Crippen LogP contribution < -0.4 is 0 Å². The van der Waals surface area contributed by atoms with E-state index in [9.17, 15) is 14.7 Å². The summed E-state index contributed by atoms with van der Waals surface area (Å²) in [7, 11) is 0. The molecule has 3 heterocycles. The first kappa shape index (κ1) is 13.2. The molecule has 2 fully saturated rings. The lowest BCUT2D eigenvalue weighted by Crippen LogP contribution is -2.58. The van der Waals surface area contributed by atoms with Crippen LogP contribution in [0.5, 0.6) is 0 Å². The molecule has 0 spiro atoms. The van der Waals surface area contributed by atoms with E-state index < -0.39 is 16.8 Å². The predicted molar refractivity (Wildman–Crippen MR) is 75.9 cm³/mol. The number of carboxylic acids is 1. The van der Waals surface area contributed by atoms with Crippen molar-refractivity contribution in [3.05, 3.63) is 35.7 Å². The quantitative estimate of drug-likeness (QED) is 0.662. The minimum atomic E-state index is -0.949. The molecule has 2 saturated heterocycles. The summed E-state index contributed by atoms with van der Waals surface area (Å²) in [4.78, 5) is 29.2. The molecule has 0 unspecified atom stereocenters. The number of carboxylic acid groups (broad SMARTS) is 1. The number of rotatable bonds is 2. The number of amides is 1. The first-order chi connectivity index (χ1) is 9.42. The van der Waals surface area contributed by atoms with E-state index >= 15 is 0 Å². The number of hydrogen-bond donors (Lipinski definition) is 1. The summed E-state index contributed by atoms with van der Waals surface area (Å²) < 4.78 is -0.494. The zero-order valence-electron chi connectivity index (χ0n) is 11.1. The van der Waals surface area contributed by atoms with Gasteiger partial charge in [-0.2, -0.15) is 0 Å². The van der Waals surface area contributed by atoms with E-state index in [1.54, 1.807) is 12.3 Å². The van der Waals surface area contributed by atoms with Gasteiger partial charge in [0.25, 0.3) is 5.91 Å². The maximum atomic E-state index is 12.2. The molecule has 2 aliphatic rings. The van der Waals surface area contributed by atoms with Gasteiger partial charge in [-0.25, -0.2) is 4.79 Å². The van der Waals surface area contributed by atoms with Gasteiger partial charge in [0.1, 0.15) is 11.4 Å². The largest absolute Gasteiger partial charge is 0.480 e. The summed E-state index contributed by atoms with van der Waals surface area (Å²) in [6, 6.07) is 4.71. The Balaban J connectivity index is 1.93. The van der Waals surface area contributed by atoms with Crippen molar-refractivity contribution in [1.29, 1.82) is 0 Å². The Morgan fingerprint density at radius 3 is 2.85 bits per heavy atom. The molecule has 104 valence electrons. The first-order valence-electron chi connectivity index (χ1n) is 6.28. The number of pyridine rings is 1. The van der Waals surface area contributed by atoms with E-state index in [-0.39, 0.29) is 11.3 Å². The smallest absolute Gasteiger partial charge is 0.327 e. The van der Waals surface area contributed by atoms with Crippen molar-refractivity contribution in [2.24, 2.45) is 0 Å². The Morgan fingerprint density at radius 2 is 2.25 bits per heavy atom. The van der Waals surface area contributed by atoms with Gasteiger partial charge in [-0.3, -0.25) is 9.78 Å². The highest BCUT2D eigenvalue weighted by molar-refractivity contribution is 8.01. The van der Waals surface area contributed by atoms with E-state index in [1.165, 1.54) is 16.7 Å².